The molecule has 1 amide bonds. The first-order valence-corrected chi connectivity index (χ1v) is 7.29. The fourth-order valence-electron chi connectivity index (χ4n) is 1.50. The van der Waals surface area contributed by atoms with Gasteiger partial charge < -0.3 is 21.3 Å². The van der Waals surface area contributed by atoms with Gasteiger partial charge in [-0.15, -0.1) is 0 Å². The highest BCUT2D eigenvalue weighted by Gasteiger charge is 2.15. The van der Waals surface area contributed by atoms with Crippen molar-refractivity contribution in [2.24, 2.45) is 5.73 Å². The van der Waals surface area contributed by atoms with Crippen molar-refractivity contribution >= 4 is 17.7 Å². The number of thioether (sulfide) groups is 1. The number of carbonyl (C=O) groups excluding carboxylic acids is 1. The third kappa shape index (κ3) is 5.00. The second-order valence-corrected chi connectivity index (χ2v) is 5.70. The Morgan fingerprint density at radius 1 is 1.42 bits per heavy atom. The van der Waals surface area contributed by atoms with Crippen molar-refractivity contribution in [2.45, 2.75) is 24.6 Å². The maximum Gasteiger partial charge on any atom is 0.237 e. The number of nitrogens with one attached hydrogen (secondary N) is 1. The molecule has 0 saturated heterocycles. The number of hydrogen-bond donors (Lipinski definition) is 4. The SMILES string of the molecule is CSC(C)CNC(=O)[C@@H](N)Cc1ccc(O)c(O)c1. The summed E-state index contributed by atoms with van der Waals surface area (Å²) in [6.45, 7) is 2.60. The standard InChI is InChI=1S/C13H20N2O3S/c1-8(19-2)7-15-13(18)10(14)5-9-3-4-11(16)12(17)6-9/h3-4,6,8,10,16-17H,5,7,14H2,1-2H3,(H,15,18)/t8?,10-/m0/s1. The van der Waals surface area contributed by atoms with Crippen LogP contribution >= 0.6 is 11.8 Å². The number of phenols is 2. The molecule has 0 heterocycles. The maximum absolute atomic E-state index is 11.8. The molecule has 0 saturated carbocycles. The molecule has 19 heavy (non-hydrogen) atoms. The van der Waals surface area contributed by atoms with Crippen LogP contribution in [0.1, 0.15) is 12.5 Å². The summed E-state index contributed by atoms with van der Waals surface area (Å²) < 4.78 is 0. The number of benzene rings is 1. The predicted molar refractivity (Wildman–Crippen MR) is 77.4 cm³/mol. The molecule has 0 aliphatic rings. The Balaban J connectivity index is 2.51. The summed E-state index contributed by atoms with van der Waals surface area (Å²) in [6.07, 6.45) is 2.29. The summed E-state index contributed by atoms with van der Waals surface area (Å²) in [6, 6.07) is 3.75. The zero-order valence-electron chi connectivity index (χ0n) is 11.1. The quantitative estimate of drug-likeness (QED) is 0.581. The smallest absolute Gasteiger partial charge is 0.237 e. The number of phenolic OH excluding ortho intramolecular Hbond substituents is 2. The van der Waals surface area contributed by atoms with E-state index in [9.17, 15) is 15.0 Å². The van der Waals surface area contributed by atoms with Crippen LogP contribution in [0.5, 0.6) is 11.5 Å². The fraction of sp³-hybridized carbons (Fsp3) is 0.462. The molecule has 2 atom stereocenters. The first-order valence-electron chi connectivity index (χ1n) is 6.01. The molecule has 0 radical (unpaired) electrons. The Labute approximate surface area is 117 Å². The highest BCUT2D eigenvalue weighted by atomic mass is 32.2. The Kier molecular flexibility index (Phi) is 5.98. The average molecular weight is 284 g/mol. The molecular weight excluding hydrogens is 264 g/mol. The third-order valence-electron chi connectivity index (χ3n) is 2.80. The Morgan fingerprint density at radius 3 is 2.68 bits per heavy atom. The van der Waals surface area contributed by atoms with Crippen LogP contribution in [-0.4, -0.2) is 40.2 Å². The number of nitrogens with two attached hydrogens (primary N) is 1. The summed E-state index contributed by atoms with van der Waals surface area (Å²) in [5, 5.41) is 21.7. The normalized spacial score (nSPS) is 13.8. The van der Waals surface area contributed by atoms with Crippen molar-refractivity contribution in [1.82, 2.24) is 5.32 Å². The lowest BCUT2D eigenvalue weighted by Crippen LogP contribution is -2.43. The zero-order chi connectivity index (χ0) is 14.4. The van der Waals surface area contributed by atoms with Crippen molar-refractivity contribution in [3.63, 3.8) is 0 Å². The number of hydrogen-bond acceptors (Lipinski definition) is 5. The van der Waals surface area contributed by atoms with Crippen molar-refractivity contribution in [3.8, 4) is 11.5 Å². The van der Waals surface area contributed by atoms with Crippen molar-refractivity contribution in [3.05, 3.63) is 23.8 Å². The number of amides is 1. The third-order valence-corrected chi connectivity index (χ3v) is 3.77. The summed E-state index contributed by atoms with van der Waals surface area (Å²) >= 11 is 1.67. The molecule has 0 spiro atoms. The van der Waals surface area contributed by atoms with Crippen LogP contribution in [0.4, 0.5) is 0 Å². The van der Waals surface area contributed by atoms with Crippen LogP contribution in [0.15, 0.2) is 18.2 Å². The molecule has 106 valence electrons. The van der Waals surface area contributed by atoms with Crippen molar-refractivity contribution < 1.29 is 15.0 Å². The van der Waals surface area contributed by atoms with Crippen LogP contribution < -0.4 is 11.1 Å². The first-order chi connectivity index (χ1) is 8.93. The van der Waals surface area contributed by atoms with Gasteiger partial charge in [0.1, 0.15) is 0 Å². The van der Waals surface area contributed by atoms with E-state index in [2.05, 4.69) is 5.32 Å². The number of rotatable bonds is 6. The lowest BCUT2D eigenvalue weighted by Gasteiger charge is -2.14. The molecule has 1 unspecified atom stereocenters. The monoisotopic (exact) mass is 284 g/mol. The minimum Gasteiger partial charge on any atom is -0.504 e. The van der Waals surface area contributed by atoms with Crippen LogP contribution in [0.2, 0.25) is 0 Å². The molecular formula is C13H20N2O3S. The minimum absolute atomic E-state index is 0.185. The van der Waals surface area contributed by atoms with E-state index in [4.69, 9.17) is 5.73 Å². The Morgan fingerprint density at radius 2 is 2.11 bits per heavy atom. The van der Waals surface area contributed by atoms with Crippen molar-refractivity contribution in [1.29, 1.82) is 0 Å². The summed E-state index contributed by atoms with van der Waals surface area (Å²) in [4.78, 5) is 11.8. The second-order valence-electron chi connectivity index (χ2n) is 4.43. The van der Waals surface area contributed by atoms with Gasteiger partial charge >= 0.3 is 0 Å². The van der Waals surface area contributed by atoms with E-state index in [1.54, 1.807) is 17.8 Å². The topological polar surface area (TPSA) is 95.6 Å². The van der Waals surface area contributed by atoms with Gasteiger partial charge in [-0.3, -0.25) is 4.79 Å². The van der Waals surface area contributed by atoms with Crippen LogP contribution in [0, 0.1) is 0 Å². The van der Waals surface area contributed by atoms with Gasteiger partial charge in [0.25, 0.3) is 0 Å². The van der Waals surface area contributed by atoms with E-state index in [-0.39, 0.29) is 17.4 Å². The number of aromatic hydroxyl groups is 2. The average Bonchev–Trinajstić information content (AvgIpc) is 2.39. The molecule has 1 aromatic carbocycles. The van der Waals surface area contributed by atoms with Crippen molar-refractivity contribution in [2.75, 3.05) is 12.8 Å². The predicted octanol–water partition coefficient (Wildman–Crippen LogP) is 0.835. The fourth-order valence-corrected chi connectivity index (χ4v) is 1.75. The molecule has 0 fully saturated rings. The first kappa shape index (κ1) is 15.7. The maximum atomic E-state index is 11.8. The van der Waals surface area contributed by atoms with E-state index in [0.717, 1.165) is 0 Å². The molecule has 6 heteroatoms. The molecule has 0 aliphatic heterocycles. The largest absolute Gasteiger partial charge is 0.504 e. The van der Waals surface area contributed by atoms with E-state index in [1.807, 2.05) is 13.2 Å². The minimum atomic E-state index is -0.669. The van der Waals surface area contributed by atoms with Gasteiger partial charge in [0.05, 0.1) is 6.04 Å². The van der Waals surface area contributed by atoms with E-state index in [1.165, 1.54) is 12.1 Å². The molecule has 1 rings (SSSR count). The van der Waals surface area contributed by atoms with E-state index < -0.39 is 6.04 Å². The second kappa shape index (κ2) is 7.25. The van der Waals surface area contributed by atoms with Gasteiger partial charge in [-0.1, -0.05) is 13.0 Å². The highest BCUT2D eigenvalue weighted by molar-refractivity contribution is 7.99. The molecule has 0 bridgehead atoms. The van der Waals surface area contributed by atoms with Crippen LogP contribution in [-0.2, 0) is 11.2 Å². The molecule has 0 aliphatic carbocycles. The Bertz CT molecular complexity index is 440. The van der Waals surface area contributed by atoms with E-state index >= 15 is 0 Å². The molecule has 5 N–H and O–H groups in total. The van der Waals surface area contributed by atoms with Gasteiger partial charge in [0, 0.05) is 11.8 Å². The highest BCUT2D eigenvalue weighted by Crippen LogP contribution is 2.25. The summed E-state index contributed by atoms with van der Waals surface area (Å²) in [5.41, 5.74) is 6.51. The zero-order valence-corrected chi connectivity index (χ0v) is 11.9. The lowest BCUT2D eigenvalue weighted by atomic mass is 10.1. The summed E-state index contributed by atoms with van der Waals surface area (Å²) in [7, 11) is 0. The number of carbonyl (C=O) groups is 1. The van der Waals surface area contributed by atoms with E-state index in [0.29, 0.717) is 23.8 Å². The van der Waals surface area contributed by atoms with Gasteiger partial charge in [0.2, 0.25) is 5.91 Å². The molecule has 1 aromatic rings. The van der Waals surface area contributed by atoms with Crippen LogP contribution in [0.25, 0.3) is 0 Å². The Hall–Kier alpha value is -1.40. The molecule has 5 nitrogen and oxygen atoms in total. The lowest BCUT2D eigenvalue weighted by molar-refractivity contribution is -0.122. The van der Waals surface area contributed by atoms with Crippen LogP contribution in [0.3, 0.4) is 0 Å². The van der Waals surface area contributed by atoms with Gasteiger partial charge in [-0.2, -0.15) is 11.8 Å². The van der Waals surface area contributed by atoms with Gasteiger partial charge in [-0.05, 0) is 30.4 Å². The van der Waals surface area contributed by atoms with Gasteiger partial charge in [-0.25, -0.2) is 0 Å². The molecule has 0 aromatic heterocycles. The van der Waals surface area contributed by atoms with Gasteiger partial charge in [0.15, 0.2) is 11.5 Å². The summed E-state index contributed by atoms with van der Waals surface area (Å²) in [5.74, 6) is -0.606.